The maximum Gasteiger partial charge on any atom is 0.337 e. The molecule has 4 aromatic rings. The number of carboxylic acids is 1. The number of methoxy groups -OCH3 is 1. The number of nitrogens with one attached hydrogen (secondary N) is 2. The van der Waals surface area contributed by atoms with Crippen molar-refractivity contribution in [3.8, 4) is 22.3 Å². The highest BCUT2D eigenvalue weighted by atomic mass is 16.5. The maximum absolute atomic E-state index is 11.7. The Labute approximate surface area is 180 Å². The molecule has 0 unspecified atom stereocenters. The van der Waals surface area contributed by atoms with E-state index in [1.54, 1.807) is 13.2 Å². The van der Waals surface area contributed by atoms with E-state index in [0.29, 0.717) is 17.9 Å². The number of nitrogens with zero attached hydrogens (tertiary/aromatic N) is 1. The number of hydrogen-bond donors (Lipinski definition) is 3. The highest BCUT2D eigenvalue weighted by Gasteiger charge is 2.15. The van der Waals surface area contributed by atoms with Crippen molar-refractivity contribution in [2.24, 2.45) is 0 Å². The van der Waals surface area contributed by atoms with E-state index in [1.165, 1.54) is 11.1 Å². The summed E-state index contributed by atoms with van der Waals surface area (Å²) in [6, 6.07) is 20.2. The third-order valence-corrected chi connectivity index (χ3v) is 5.28. The fourth-order valence-corrected chi connectivity index (χ4v) is 3.77. The van der Waals surface area contributed by atoms with Crippen molar-refractivity contribution in [2.75, 3.05) is 20.3 Å². The summed E-state index contributed by atoms with van der Waals surface area (Å²) in [6.07, 6.45) is 0. The number of benzene rings is 3. The van der Waals surface area contributed by atoms with Crippen LogP contribution in [0.15, 0.2) is 60.7 Å². The molecule has 0 atom stereocenters. The minimum Gasteiger partial charge on any atom is -0.478 e. The summed E-state index contributed by atoms with van der Waals surface area (Å²) in [5, 5.41) is 13.0. The summed E-state index contributed by atoms with van der Waals surface area (Å²) in [5.41, 5.74) is 6.71. The van der Waals surface area contributed by atoms with E-state index in [2.05, 4.69) is 39.6 Å². The van der Waals surface area contributed by atoms with Gasteiger partial charge in [-0.2, -0.15) is 0 Å². The molecule has 0 bridgehead atoms. The zero-order valence-corrected chi connectivity index (χ0v) is 17.6. The van der Waals surface area contributed by atoms with Crippen molar-refractivity contribution in [3.05, 3.63) is 77.6 Å². The first-order valence-corrected chi connectivity index (χ1v) is 10.2. The lowest BCUT2D eigenvalue weighted by molar-refractivity contribution is 0.0699. The number of carboxylic acid groups (broad SMARTS) is 1. The van der Waals surface area contributed by atoms with Crippen LogP contribution in [0.2, 0.25) is 0 Å². The summed E-state index contributed by atoms with van der Waals surface area (Å²) >= 11 is 0. The topological polar surface area (TPSA) is 87.2 Å². The minimum atomic E-state index is -0.982. The Morgan fingerprint density at radius 2 is 1.81 bits per heavy atom. The molecule has 0 amide bonds. The van der Waals surface area contributed by atoms with Gasteiger partial charge in [-0.25, -0.2) is 9.78 Å². The number of hydrogen-bond acceptors (Lipinski definition) is 4. The number of imidazole rings is 1. The predicted octanol–water partition coefficient (Wildman–Crippen LogP) is 4.64. The van der Waals surface area contributed by atoms with Crippen LogP contribution in [0, 0.1) is 6.92 Å². The molecule has 0 spiro atoms. The van der Waals surface area contributed by atoms with E-state index >= 15 is 0 Å². The smallest absolute Gasteiger partial charge is 0.337 e. The largest absolute Gasteiger partial charge is 0.478 e. The highest BCUT2D eigenvalue weighted by molar-refractivity contribution is 6.03. The molecule has 0 fully saturated rings. The van der Waals surface area contributed by atoms with Gasteiger partial charge in [0.2, 0.25) is 0 Å². The molecule has 6 heteroatoms. The van der Waals surface area contributed by atoms with Gasteiger partial charge in [-0.15, -0.1) is 0 Å². The van der Waals surface area contributed by atoms with Gasteiger partial charge in [0.05, 0.1) is 17.7 Å². The quantitative estimate of drug-likeness (QED) is 0.365. The van der Waals surface area contributed by atoms with Crippen molar-refractivity contribution >= 4 is 17.0 Å². The summed E-state index contributed by atoms with van der Waals surface area (Å²) in [4.78, 5) is 19.2. The molecular weight excluding hydrogens is 390 g/mol. The second kappa shape index (κ2) is 9.12. The Morgan fingerprint density at radius 3 is 2.55 bits per heavy atom. The predicted molar refractivity (Wildman–Crippen MR) is 122 cm³/mol. The van der Waals surface area contributed by atoms with Crippen LogP contribution < -0.4 is 5.32 Å². The summed E-state index contributed by atoms with van der Waals surface area (Å²) in [7, 11) is 1.70. The van der Waals surface area contributed by atoms with Crippen LogP contribution in [-0.4, -0.2) is 41.3 Å². The number of H-pyrrole nitrogens is 1. The van der Waals surface area contributed by atoms with E-state index in [4.69, 9.17) is 4.74 Å². The molecule has 1 aromatic heterocycles. The Kier molecular flexibility index (Phi) is 6.11. The summed E-state index contributed by atoms with van der Waals surface area (Å²) in [5.74, 6) is -0.286. The number of fused-ring (bicyclic) bond motifs is 1. The third-order valence-electron chi connectivity index (χ3n) is 5.28. The Morgan fingerprint density at radius 1 is 1.06 bits per heavy atom. The minimum absolute atomic E-state index is 0.202. The van der Waals surface area contributed by atoms with Crippen molar-refractivity contribution in [1.82, 2.24) is 15.3 Å². The number of aromatic amines is 1. The van der Waals surface area contributed by atoms with Gasteiger partial charge < -0.3 is 20.1 Å². The van der Waals surface area contributed by atoms with E-state index in [1.807, 2.05) is 37.3 Å². The number of carbonyl (C=O) groups is 1. The Balaban J connectivity index is 1.65. The van der Waals surface area contributed by atoms with Gasteiger partial charge in [0.25, 0.3) is 0 Å². The molecule has 4 rings (SSSR count). The van der Waals surface area contributed by atoms with Crippen LogP contribution >= 0.6 is 0 Å². The van der Waals surface area contributed by atoms with E-state index in [0.717, 1.165) is 35.3 Å². The van der Waals surface area contributed by atoms with Gasteiger partial charge >= 0.3 is 5.97 Å². The summed E-state index contributed by atoms with van der Waals surface area (Å²) < 4.78 is 5.10. The first-order valence-electron chi connectivity index (χ1n) is 10.2. The lowest BCUT2D eigenvalue weighted by Crippen LogP contribution is -2.18. The van der Waals surface area contributed by atoms with Gasteiger partial charge in [-0.05, 0) is 46.9 Å². The number of aromatic carboxylic acids is 1. The van der Waals surface area contributed by atoms with Gasteiger partial charge in [-0.3, -0.25) is 0 Å². The van der Waals surface area contributed by atoms with Gasteiger partial charge in [0.1, 0.15) is 11.3 Å². The fraction of sp³-hybridized carbons (Fsp3) is 0.200. The van der Waals surface area contributed by atoms with E-state index in [9.17, 15) is 9.90 Å². The molecular formula is C25H25N3O3. The molecule has 0 radical (unpaired) electrons. The lowest BCUT2D eigenvalue weighted by Gasteiger charge is -2.12. The van der Waals surface area contributed by atoms with E-state index in [-0.39, 0.29) is 5.56 Å². The van der Waals surface area contributed by atoms with Crippen LogP contribution in [0.1, 0.15) is 21.7 Å². The number of rotatable bonds is 8. The van der Waals surface area contributed by atoms with Crippen LogP contribution in [0.3, 0.4) is 0 Å². The number of aromatic nitrogens is 2. The van der Waals surface area contributed by atoms with Crippen LogP contribution in [0.5, 0.6) is 0 Å². The van der Waals surface area contributed by atoms with Gasteiger partial charge in [0, 0.05) is 20.2 Å². The molecule has 0 aliphatic rings. The van der Waals surface area contributed by atoms with E-state index < -0.39 is 5.97 Å². The standard InChI is InChI=1S/C25H25N3O3/c1-16-27-23-14-20(13-22(25(29)30)24(23)28-16)17-7-9-18(10-8-17)21-6-4-3-5-19(21)15-26-11-12-31-2/h3-10,13-14,26H,11-12,15H2,1-2H3,(H,27,28)(H,29,30). The monoisotopic (exact) mass is 415 g/mol. The highest BCUT2D eigenvalue weighted by Crippen LogP contribution is 2.30. The molecule has 6 nitrogen and oxygen atoms in total. The first-order chi connectivity index (χ1) is 15.1. The second-order valence-electron chi connectivity index (χ2n) is 7.45. The van der Waals surface area contributed by atoms with Crippen LogP contribution in [0.25, 0.3) is 33.3 Å². The normalized spacial score (nSPS) is 11.2. The van der Waals surface area contributed by atoms with Crippen molar-refractivity contribution in [3.63, 3.8) is 0 Å². The van der Waals surface area contributed by atoms with Gasteiger partial charge in [-0.1, -0.05) is 48.5 Å². The second-order valence-corrected chi connectivity index (χ2v) is 7.45. The average molecular weight is 415 g/mol. The summed E-state index contributed by atoms with van der Waals surface area (Å²) in [6.45, 7) is 4.06. The molecule has 31 heavy (non-hydrogen) atoms. The molecule has 1 heterocycles. The van der Waals surface area contributed by atoms with Crippen LogP contribution in [0.4, 0.5) is 0 Å². The Hall–Kier alpha value is -3.48. The third kappa shape index (κ3) is 4.50. The van der Waals surface area contributed by atoms with Crippen molar-refractivity contribution in [2.45, 2.75) is 13.5 Å². The number of aryl methyl sites for hydroxylation is 1. The van der Waals surface area contributed by atoms with Crippen LogP contribution in [-0.2, 0) is 11.3 Å². The molecule has 3 N–H and O–H groups in total. The molecule has 0 saturated heterocycles. The lowest BCUT2D eigenvalue weighted by atomic mass is 9.96. The molecule has 3 aromatic carbocycles. The molecule has 158 valence electrons. The average Bonchev–Trinajstić information content (AvgIpc) is 3.16. The molecule has 0 aliphatic heterocycles. The van der Waals surface area contributed by atoms with Crippen molar-refractivity contribution < 1.29 is 14.6 Å². The van der Waals surface area contributed by atoms with Crippen molar-refractivity contribution in [1.29, 1.82) is 0 Å². The van der Waals surface area contributed by atoms with Gasteiger partial charge in [0.15, 0.2) is 0 Å². The zero-order valence-electron chi connectivity index (χ0n) is 17.6. The first kappa shape index (κ1) is 20.8. The maximum atomic E-state index is 11.7. The fourth-order valence-electron chi connectivity index (χ4n) is 3.77. The zero-order chi connectivity index (χ0) is 21.8. The molecule has 0 aliphatic carbocycles. The molecule has 0 saturated carbocycles. The SMILES string of the molecule is COCCNCc1ccccc1-c1ccc(-c2cc(C(=O)O)c3nc(C)[nH]c3c2)cc1. The Bertz CT molecular complexity index is 1210. The number of ether oxygens (including phenoxy) is 1.